The van der Waals surface area contributed by atoms with Gasteiger partial charge in [0.2, 0.25) is 11.8 Å². The molecular weight excluding hydrogens is 420 g/mol. The van der Waals surface area contributed by atoms with E-state index >= 15 is 0 Å². The first-order chi connectivity index (χ1) is 15.2. The second kappa shape index (κ2) is 11.9. The van der Waals surface area contributed by atoms with E-state index in [1.807, 2.05) is 6.07 Å². The molecule has 4 atom stereocenters. The molecule has 1 saturated heterocycles. The highest BCUT2D eigenvalue weighted by Gasteiger charge is 2.33. The summed E-state index contributed by atoms with van der Waals surface area (Å²) in [7, 11) is 0. The molecule has 12 heteroatoms. The van der Waals surface area contributed by atoms with Crippen molar-refractivity contribution in [2.75, 3.05) is 13.2 Å². The van der Waals surface area contributed by atoms with Crippen molar-refractivity contribution in [3.63, 3.8) is 0 Å². The first kappa shape index (κ1) is 24.9. The van der Waals surface area contributed by atoms with E-state index < -0.39 is 48.9 Å². The molecule has 3 amide bonds. The summed E-state index contributed by atoms with van der Waals surface area (Å²) in [4.78, 5) is 38.0. The number of aliphatic hydroxyl groups excluding tert-OH is 2. The Bertz CT molecular complexity index is 807. The molecule has 1 aromatic rings. The number of carbonyl (C=O) groups excluding carboxylic acids is 3. The molecule has 1 unspecified atom stereocenters. The molecule has 0 saturated carbocycles. The van der Waals surface area contributed by atoms with Crippen LogP contribution in [0.25, 0.3) is 0 Å². The highest BCUT2D eigenvalue weighted by atomic mass is 16.5. The molecule has 0 aromatic heterocycles. The van der Waals surface area contributed by atoms with Gasteiger partial charge in [-0.2, -0.15) is 0 Å². The lowest BCUT2D eigenvalue weighted by Gasteiger charge is -2.38. The first-order valence-corrected chi connectivity index (χ1v) is 10.2. The van der Waals surface area contributed by atoms with Crippen molar-refractivity contribution in [1.29, 1.82) is 5.41 Å². The zero-order valence-electron chi connectivity index (χ0n) is 17.8. The van der Waals surface area contributed by atoms with Gasteiger partial charge in [0, 0.05) is 6.54 Å². The molecule has 2 rings (SSSR count). The van der Waals surface area contributed by atoms with Crippen molar-refractivity contribution in [3.05, 3.63) is 35.9 Å². The minimum atomic E-state index is -1.32. The van der Waals surface area contributed by atoms with Crippen LogP contribution in [0.4, 0.5) is 4.79 Å². The van der Waals surface area contributed by atoms with Gasteiger partial charge in [-0.1, -0.05) is 30.3 Å². The molecule has 32 heavy (non-hydrogen) atoms. The maximum atomic E-state index is 12.4. The smallest absolute Gasteiger partial charge is 0.408 e. The summed E-state index contributed by atoms with van der Waals surface area (Å²) in [5, 5.41) is 34.5. The molecule has 1 aliphatic heterocycles. The Morgan fingerprint density at radius 1 is 1.25 bits per heavy atom. The zero-order valence-corrected chi connectivity index (χ0v) is 17.8. The number of nitrogens with one attached hydrogen (secondary N) is 4. The average Bonchev–Trinajstić information content (AvgIpc) is 2.77. The van der Waals surface area contributed by atoms with Gasteiger partial charge < -0.3 is 41.5 Å². The average molecular weight is 450 g/mol. The van der Waals surface area contributed by atoms with Crippen molar-refractivity contribution < 1.29 is 29.3 Å². The topological polar surface area (TPSA) is 190 Å². The van der Waals surface area contributed by atoms with Crippen molar-refractivity contribution in [1.82, 2.24) is 20.9 Å². The standard InChI is InChI=1S/C20H30N6O6/c1-12(16(28)24-14-8-5-9-26(18(14)30)19(21)22)23-17(29)15(10-27)25-20(31)32-11-13-6-3-2-4-7-13/h2-4,6-7,12,14-15,18,27,30H,5,8-11H2,1H3,(H3,21,22)(H,23,29)(H,24,28)(H,25,31)/t12-,14-,15+,18?/m0/s1. The van der Waals surface area contributed by atoms with Crippen molar-refractivity contribution >= 4 is 23.9 Å². The van der Waals surface area contributed by atoms with Crippen LogP contribution in [-0.4, -0.2) is 76.5 Å². The number of ether oxygens (including phenoxy) is 1. The van der Waals surface area contributed by atoms with Crippen LogP contribution in [0.5, 0.6) is 0 Å². The van der Waals surface area contributed by atoms with E-state index in [9.17, 15) is 24.6 Å². The summed E-state index contributed by atoms with van der Waals surface area (Å²) >= 11 is 0. The van der Waals surface area contributed by atoms with Gasteiger partial charge in [-0.05, 0) is 25.3 Å². The van der Waals surface area contributed by atoms with E-state index in [1.54, 1.807) is 24.3 Å². The molecular formula is C20H30N6O6. The minimum Gasteiger partial charge on any atom is -0.445 e. The Hall–Kier alpha value is -3.38. The van der Waals surface area contributed by atoms with Gasteiger partial charge in [-0.3, -0.25) is 15.0 Å². The Morgan fingerprint density at radius 2 is 1.94 bits per heavy atom. The van der Waals surface area contributed by atoms with Crippen LogP contribution < -0.4 is 21.7 Å². The largest absolute Gasteiger partial charge is 0.445 e. The fourth-order valence-corrected chi connectivity index (χ4v) is 3.18. The quantitative estimate of drug-likeness (QED) is 0.185. The second-order valence-corrected chi connectivity index (χ2v) is 7.42. The van der Waals surface area contributed by atoms with Gasteiger partial charge in [0.15, 0.2) is 5.96 Å². The third-order valence-corrected chi connectivity index (χ3v) is 4.99. The number of piperidine rings is 1. The normalized spacial score (nSPS) is 19.9. The van der Waals surface area contributed by atoms with E-state index in [-0.39, 0.29) is 12.6 Å². The van der Waals surface area contributed by atoms with Crippen LogP contribution in [0.1, 0.15) is 25.3 Å². The molecule has 8 N–H and O–H groups in total. The van der Waals surface area contributed by atoms with Gasteiger partial charge in [0.1, 0.15) is 24.9 Å². The van der Waals surface area contributed by atoms with Crippen molar-refractivity contribution in [2.45, 2.75) is 50.7 Å². The van der Waals surface area contributed by atoms with E-state index in [4.69, 9.17) is 15.9 Å². The molecule has 12 nitrogen and oxygen atoms in total. The fraction of sp³-hybridized carbons (Fsp3) is 0.500. The van der Waals surface area contributed by atoms with Crippen LogP contribution in [0, 0.1) is 5.41 Å². The van der Waals surface area contributed by atoms with E-state index in [0.29, 0.717) is 19.4 Å². The molecule has 0 spiro atoms. The number of nitrogens with zero attached hydrogens (tertiary/aromatic N) is 1. The van der Waals surface area contributed by atoms with Gasteiger partial charge in [0.25, 0.3) is 0 Å². The molecule has 1 aliphatic rings. The monoisotopic (exact) mass is 450 g/mol. The van der Waals surface area contributed by atoms with Crippen LogP contribution in [0.3, 0.4) is 0 Å². The number of hydrogen-bond acceptors (Lipinski definition) is 7. The SMILES string of the molecule is C[C@H](NC(=O)[C@@H](CO)NC(=O)OCc1ccccc1)C(=O)N[C@H]1CCCN(C(=N)N)C1O. The zero-order chi connectivity index (χ0) is 23.7. The number of aliphatic hydroxyl groups is 2. The Balaban J connectivity index is 1.82. The molecule has 1 fully saturated rings. The summed E-state index contributed by atoms with van der Waals surface area (Å²) in [6.07, 6.45) is -0.954. The maximum absolute atomic E-state index is 12.4. The number of rotatable bonds is 8. The Kier molecular flexibility index (Phi) is 9.22. The number of nitrogens with two attached hydrogens (primary N) is 1. The summed E-state index contributed by atoms with van der Waals surface area (Å²) < 4.78 is 5.02. The lowest BCUT2D eigenvalue weighted by atomic mass is 10.0. The van der Waals surface area contributed by atoms with Crippen molar-refractivity contribution in [2.24, 2.45) is 5.73 Å². The number of guanidine groups is 1. The molecule has 0 bridgehead atoms. The molecule has 1 aromatic carbocycles. The number of hydrogen-bond donors (Lipinski definition) is 7. The number of alkyl carbamates (subject to hydrolysis) is 1. The molecule has 176 valence electrons. The lowest BCUT2D eigenvalue weighted by Crippen LogP contribution is -2.61. The van der Waals surface area contributed by atoms with E-state index in [0.717, 1.165) is 5.56 Å². The number of amides is 3. The van der Waals surface area contributed by atoms with Crippen LogP contribution in [0.15, 0.2) is 30.3 Å². The summed E-state index contributed by atoms with van der Waals surface area (Å²) in [5.74, 6) is -1.65. The number of carbonyl (C=O) groups is 3. The highest BCUT2D eigenvalue weighted by molar-refractivity contribution is 5.91. The molecule has 1 heterocycles. The van der Waals surface area contributed by atoms with Crippen LogP contribution >= 0.6 is 0 Å². The summed E-state index contributed by atoms with van der Waals surface area (Å²) in [6, 6.07) is 5.93. The van der Waals surface area contributed by atoms with Crippen LogP contribution in [0.2, 0.25) is 0 Å². The van der Waals surface area contributed by atoms with E-state index in [2.05, 4.69) is 16.0 Å². The third kappa shape index (κ3) is 7.10. The van der Waals surface area contributed by atoms with Gasteiger partial charge >= 0.3 is 6.09 Å². The first-order valence-electron chi connectivity index (χ1n) is 10.2. The Morgan fingerprint density at radius 3 is 2.56 bits per heavy atom. The number of benzene rings is 1. The van der Waals surface area contributed by atoms with Gasteiger partial charge in [0.05, 0.1) is 12.6 Å². The minimum absolute atomic E-state index is 0.00769. The Labute approximate surface area is 185 Å². The predicted molar refractivity (Wildman–Crippen MR) is 114 cm³/mol. The fourth-order valence-electron chi connectivity index (χ4n) is 3.18. The highest BCUT2D eigenvalue weighted by Crippen LogP contribution is 2.15. The lowest BCUT2D eigenvalue weighted by molar-refractivity contribution is -0.131. The van der Waals surface area contributed by atoms with Crippen LogP contribution in [-0.2, 0) is 20.9 Å². The summed E-state index contributed by atoms with van der Waals surface area (Å²) in [6.45, 7) is 1.12. The summed E-state index contributed by atoms with van der Waals surface area (Å²) in [5.41, 5.74) is 6.19. The van der Waals surface area contributed by atoms with E-state index in [1.165, 1.54) is 11.8 Å². The molecule has 0 radical (unpaired) electrons. The second-order valence-electron chi connectivity index (χ2n) is 7.42. The van der Waals surface area contributed by atoms with Gasteiger partial charge in [-0.25, -0.2) is 4.79 Å². The predicted octanol–water partition coefficient (Wildman–Crippen LogP) is -1.43. The van der Waals surface area contributed by atoms with Crippen molar-refractivity contribution in [3.8, 4) is 0 Å². The molecule has 0 aliphatic carbocycles. The number of likely N-dealkylation sites (tertiary alicyclic amines) is 1. The third-order valence-electron chi connectivity index (χ3n) is 4.99. The van der Waals surface area contributed by atoms with Gasteiger partial charge in [-0.15, -0.1) is 0 Å². The maximum Gasteiger partial charge on any atom is 0.408 e.